The predicted molar refractivity (Wildman–Crippen MR) is 73.8 cm³/mol. The lowest BCUT2D eigenvalue weighted by atomic mass is 10.1. The Morgan fingerprint density at radius 3 is 2.05 bits per heavy atom. The Bertz CT molecular complexity index is 353. The summed E-state index contributed by atoms with van der Waals surface area (Å²) in [6, 6.07) is 0. The van der Waals surface area contributed by atoms with Gasteiger partial charge in [-0.25, -0.2) is 0 Å². The molecule has 0 spiro atoms. The topological polar surface area (TPSA) is 60.9 Å². The van der Waals surface area contributed by atoms with Gasteiger partial charge in [-0.1, -0.05) is 20.8 Å². The molecule has 1 aliphatic carbocycles. The van der Waals surface area contributed by atoms with Crippen LogP contribution in [0.4, 0.5) is 0 Å². The van der Waals surface area contributed by atoms with Gasteiger partial charge in [-0.3, -0.25) is 9.59 Å². The van der Waals surface area contributed by atoms with Crippen LogP contribution in [0.3, 0.4) is 0 Å². The number of carboxylic acids is 1. The van der Waals surface area contributed by atoms with Crippen LogP contribution in [0.1, 0.15) is 27.2 Å². The fourth-order valence-corrected chi connectivity index (χ4v) is 2.68. The molecule has 0 aromatic heterocycles. The summed E-state index contributed by atoms with van der Waals surface area (Å²) >= 11 is 0. The summed E-state index contributed by atoms with van der Waals surface area (Å²) in [5.41, 5.74) is -0.410. The highest BCUT2D eigenvalue weighted by molar-refractivity contribution is 5.91. The normalized spacial score (nSPS) is 24.3. The SMILES string of the molecule is CCCN(CCN(C)C)C(=O)C1C(C(=O)O)C1(C)C. The van der Waals surface area contributed by atoms with Gasteiger partial charge in [0.25, 0.3) is 0 Å². The second kappa shape index (κ2) is 5.90. The molecule has 110 valence electrons. The van der Waals surface area contributed by atoms with Crippen LogP contribution in [0.15, 0.2) is 0 Å². The third-order valence-electron chi connectivity index (χ3n) is 3.98. The molecule has 0 aromatic rings. The van der Waals surface area contributed by atoms with Crippen molar-refractivity contribution in [3.8, 4) is 0 Å². The molecule has 2 atom stereocenters. The highest BCUT2D eigenvalue weighted by Gasteiger charge is 2.66. The maximum Gasteiger partial charge on any atom is 0.307 e. The standard InChI is InChI=1S/C14H26N2O3/c1-6-7-16(9-8-15(4)5)12(17)10-11(13(18)19)14(10,2)3/h10-11H,6-9H2,1-5H3,(H,18,19). The van der Waals surface area contributed by atoms with Gasteiger partial charge in [0.1, 0.15) is 0 Å². The summed E-state index contributed by atoms with van der Waals surface area (Å²) in [5.74, 6) is -1.74. The van der Waals surface area contributed by atoms with Crippen molar-refractivity contribution in [2.75, 3.05) is 33.7 Å². The van der Waals surface area contributed by atoms with Gasteiger partial charge >= 0.3 is 5.97 Å². The van der Waals surface area contributed by atoms with E-state index in [1.54, 1.807) is 0 Å². The van der Waals surface area contributed by atoms with Crippen LogP contribution in [-0.2, 0) is 9.59 Å². The van der Waals surface area contributed by atoms with Crippen LogP contribution in [0.5, 0.6) is 0 Å². The van der Waals surface area contributed by atoms with Gasteiger partial charge in [-0.05, 0) is 25.9 Å². The van der Waals surface area contributed by atoms with E-state index in [0.717, 1.165) is 13.0 Å². The molecule has 1 amide bonds. The number of aliphatic carboxylic acids is 1. The lowest BCUT2D eigenvalue weighted by Crippen LogP contribution is -2.39. The number of hydrogen-bond acceptors (Lipinski definition) is 3. The Hall–Kier alpha value is -1.10. The van der Waals surface area contributed by atoms with E-state index in [9.17, 15) is 9.59 Å². The molecule has 5 heteroatoms. The molecular formula is C14H26N2O3. The number of carbonyl (C=O) groups excluding carboxylic acids is 1. The molecular weight excluding hydrogens is 244 g/mol. The Labute approximate surface area is 115 Å². The molecule has 1 N–H and O–H groups in total. The molecule has 0 bridgehead atoms. The van der Waals surface area contributed by atoms with Gasteiger partial charge in [0.05, 0.1) is 11.8 Å². The largest absolute Gasteiger partial charge is 0.481 e. The average Bonchev–Trinajstić information content (AvgIpc) is 2.86. The minimum absolute atomic E-state index is 0.00102. The Morgan fingerprint density at radius 2 is 1.68 bits per heavy atom. The van der Waals surface area contributed by atoms with Crippen LogP contribution in [0, 0.1) is 17.3 Å². The minimum Gasteiger partial charge on any atom is -0.481 e. The summed E-state index contributed by atoms with van der Waals surface area (Å²) < 4.78 is 0. The van der Waals surface area contributed by atoms with Gasteiger partial charge < -0.3 is 14.9 Å². The zero-order valence-corrected chi connectivity index (χ0v) is 12.6. The van der Waals surface area contributed by atoms with Crippen LogP contribution < -0.4 is 0 Å². The van der Waals surface area contributed by atoms with Crippen molar-refractivity contribution in [2.45, 2.75) is 27.2 Å². The number of carbonyl (C=O) groups is 2. The molecule has 0 radical (unpaired) electrons. The molecule has 0 heterocycles. The second-order valence-electron chi connectivity index (χ2n) is 6.24. The Morgan fingerprint density at radius 1 is 1.11 bits per heavy atom. The molecule has 1 aliphatic rings. The van der Waals surface area contributed by atoms with Crippen molar-refractivity contribution in [3.63, 3.8) is 0 Å². The molecule has 1 fully saturated rings. The first-order valence-corrected chi connectivity index (χ1v) is 6.89. The van der Waals surface area contributed by atoms with Crippen molar-refractivity contribution in [1.82, 2.24) is 9.80 Å². The number of nitrogens with zero attached hydrogens (tertiary/aromatic N) is 2. The molecule has 0 aromatic carbocycles. The lowest BCUT2D eigenvalue weighted by molar-refractivity contribution is -0.142. The van der Waals surface area contributed by atoms with Gasteiger partial charge in [0.2, 0.25) is 5.91 Å². The van der Waals surface area contributed by atoms with Gasteiger partial charge in [0, 0.05) is 19.6 Å². The number of carboxylic acid groups (broad SMARTS) is 1. The van der Waals surface area contributed by atoms with Gasteiger partial charge in [-0.15, -0.1) is 0 Å². The number of rotatable bonds is 7. The minimum atomic E-state index is -0.854. The average molecular weight is 270 g/mol. The van der Waals surface area contributed by atoms with Crippen LogP contribution >= 0.6 is 0 Å². The maximum atomic E-state index is 12.5. The van der Waals surface area contributed by atoms with E-state index in [4.69, 9.17) is 5.11 Å². The van der Waals surface area contributed by atoms with Crippen molar-refractivity contribution in [1.29, 1.82) is 0 Å². The fraction of sp³-hybridized carbons (Fsp3) is 0.857. The van der Waals surface area contributed by atoms with E-state index < -0.39 is 17.3 Å². The molecule has 1 rings (SSSR count). The predicted octanol–water partition coefficient (Wildman–Crippen LogP) is 1.14. The summed E-state index contributed by atoms with van der Waals surface area (Å²) in [5, 5.41) is 9.16. The summed E-state index contributed by atoms with van der Waals surface area (Å²) in [6.45, 7) is 7.93. The zero-order chi connectivity index (χ0) is 14.8. The van der Waals surface area contributed by atoms with Crippen molar-refractivity contribution in [2.24, 2.45) is 17.3 Å². The first-order valence-electron chi connectivity index (χ1n) is 6.89. The molecule has 5 nitrogen and oxygen atoms in total. The third kappa shape index (κ3) is 3.47. The Balaban J connectivity index is 2.70. The van der Waals surface area contributed by atoms with E-state index in [1.165, 1.54) is 0 Å². The van der Waals surface area contributed by atoms with E-state index in [1.807, 2.05) is 44.7 Å². The molecule has 0 aliphatic heterocycles. The van der Waals surface area contributed by atoms with E-state index >= 15 is 0 Å². The smallest absolute Gasteiger partial charge is 0.307 e. The van der Waals surface area contributed by atoms with E-state index in [2.05, 4.69) is 0 Å². The van der Waals surface area contributed by atoms with E-state index in [0.29, 0.717) is 13.1 Å². The summed E-state index contributed by atoms with van der Waals surface area (Å²) in [4.78, 5) is 27.5. The maximum absolute atomic E-state index is 12.5. The van der Waals surface area contributed by atoms with Crippen molar-refractivity contribution >= 4 is 11.9 Å². The second-order valence-corrected chi connectivity index (χ2v) is 6.24. The third-order valence-corrected chi connectivity index (χ3v) is 3.98. The van der Waals surface area contributed by atoms with Crippen LogP contribution in [0.25, 0.3) is 0 Å². The van der Waals surface area contributed by atoms with Crippen molar-refractivity contribution in [3.05, 3.63) is 0 Å². The first kappa shape index (κ1) is 16.0. The number of hydrogen-bond donors (Lipinski definition) is 1. The lowest BCUT2D eigenvalue weighted by Gasteiger charge is -2.24. The number of amides is 1. The molecule has 2 unspecified atom stereocenters. The molecule has 1 saturated carbocycles. The van der Waals surface area contributed by atoms with Crippen molar-refractivity contribution < 1.29 is 14.7 Å². The summed E-state index contributed by atoms with van der Waals surface area (Å²) in [6.07, 6.45) is 0.893. The van der Waals surface area contributed by atoms with Gasteiger partial charge in [-0.2, -0.15) is 0 Å². The number of likely N-dealkylation sites (N-methyl/N-ethyl adjacent to an activating group) is 1. The summed E-state index contributed by atoms with van der Waals surface area (Å²) in [7, 11) is 3.94. The molecule has 0 saturated heterocycles. The highest BCUT2D eigenvalue weighted by atomic mass is 16.4. The molecule has 19 heavy (non-hydrogen) atoms. The van der Waals surface area contributed by atoms with Crippen LogP contribution in [-0.4, -0.2) is 60.5 Å². The monoisotopic (exact) mass is 270 g/mol. The first-order chi connectivity index (χ1) is 8.73. The van der Waals surface area contributed by atoms with Crippen LogP contribution in [0.2, 0.25) is 0 Å². The van der Waals surface area contributed by atoms with E-state index in [-0.39, 0.29) is 11.8 Å². The van der Waals surface area contributed by atoms with Gasteiger partial charge in [0.15, 0.2) is 0 Å². The quantitative estimate of drug-likeness (QED) is 0.753. The Kier molecular flexibility index (Phi) is 4.96. The highest BCUT2D eigenvalue weighted by Crippen LogP contribution is 2.59. The zero-order valence-electron chi connectivity index (χ0n) is 12.6. The fourth-order valence-electron chi connectivity index (χ4n) is 2.68.